The summed E-state index contributed by atoms with van der Waals surface area (Å²) in [6.07, 6.45) is 3.42. The lowest BCUT2D eigenvalue weighted by molar-refractivity contribution is -0.140. The first-order valence-electron chi connectivity index (χ1n) is 8.72. The van der Waals surface area contributed by atoms with E-state index in [4.69, 9.17) is 0 Å². The number of H-pyrrole nitrogens is 1. The third-order valence-corrected chi connectivity index (χ3v) is 5.87. The molecule has 1 fully saturated rings. The molecule has 0 bridgehead atoms. The Morgan fingerprint density at radius 1 is 1.39 bits per heavy atom. The van der Waals surface area contributed by atoms with Gasteiger partial charge in [0.2, 0.25) is 5.91 Å². The van der Waals surface area contributed by atoms with Crippen LogP contribution >= 0.6 is 0 Å². The van der Waals surface area contributed by atoms with E-state index in [9.17, 15) is 9.90 Å². The maximum atomic E-state index is 12.6. The third kappa shape index (κ3) is 2.27. The van der Waals surface area contributed by atoms with Crippen LogP contribution in [0, 0.1) is 11.8 Å². The van der Waals surface area contributed by atoms with Gasteiger partial charge in [-0.15, -0.1) is 0 Å². The van der Waals surface area contributed by atoms with E-state index in [2.05, 4.69) is 41.1 Å². The van der Waals surface area contributed by atoms with Gasteiger partial charge < -0.3 is 15.0 Å². The molecular weight excluding hydrogens is 288 g/mol. The summed E-state index contributed by atoms with van der Waals surface area (Å²) in [4.78, 5) is 18.3. The topological polar surface area (TPSA) is 56.3 Å². The molecule has 1 amide bonds. The number of para-hydroxylation sites is 1. The maximum absolute atomic E-state index is 12.6. The van der Waals surface area contributed by atoms with E-state index in [0.29, 0.717) is 6.42 Å². The molecule has 0 saturated carbocycles. The SMILES string of the molecule is CC[C@@H](CO)[C@H]1CC(=O)N2CCc3c([nH]c4ccccc34)[C@@H]2C1. The van der Waals surface area contributed by atoms with Gasteiger partial charge in [0.1, 0.15) is 0 Å². The summed E-state index contributed by atoms with van der Waals surface area (Å²) in [6.45, 7) is 3.11. The molecule has 3 heterocycles. The summed E-state index contributed by atoms with van der Waals surface area (Å²) in [5.74, 6) is 0.773. The molecule has 0 spiro atoms. The molecule has 0 radical (unpaired) electrons. The predicted octanol–water partition coefficient (Wildman–Crippen LogP) is 3.02. The number of aromatic nitrogens is 1. The second kappa shape index (κ2) is 5.68. The van der Waals surface area contributed by atoms with Crippen molar-refractivity contribution in [3.8, 4) is 0 Å². The Labute approximate surface area is 136 Å². The van der Waals surface area contributed by atoms with Crippen LogP contribution in [-0.2, 0) is 11.2 Å². The number of aliphatic hydroxyl groups excluding tert-OH is 1. The number of aliphatic hydroxyl groups is 1. The van der Waals surface area contributed by atoms with Crippen molar-refractivity contribution in [1.82, 2.24) is 9.88 Å². The fraction of sp³-hybridized carbons (Fsp3) is 0.526. The van der Waals surface area contributed by atoms with Crippen molar-refractivity contribution < 1.29 is 9.90 Å². The summed E-state index contributed by atoms with van der Waals surface area (Å²) in [6, 6.07) is 8.57. The maximum Gasteiger partial charge on any atom is 0.223 e. The van der Waals surface area contributed by atoms with Gasteiger partial charge in [-0.25, -0.2) is 0 Å². The fourth-order valence-corrected chi connectivity index (χ4v) is 4.54. The molecule has 23 heavy (non-hydrogen) atoms. The Morgan fingerprint density at radius 2 is 2.22 bits per heavy atom. The van der Waals surface area contributed by atoms with E-state index in [-0.39, 0.29) is 30.4 Å². The van der Waals surface area contributed by atoms with Crippen LogP contribution in [0.2, 0.25) is 0 Å². The Balaban J connectivity index is 1.74. The van der Waals surface area contributed by atoms with Crippen LogP contribution in [0.3, 0.4) is 0 Å². The van der Waals surface area contributed by atoms with E-state index >= 15 is 0 Å². The lowest BCUT2D eigenvalue weighted by Gasteiger charge is -2.43. The van der Waals surface area contributed by atoms with E-state index in [1.807, 2.05) is 0 Å². The number of fused-ring (bicyclic) bond motifs is 5. The van der Waals surface area contributed by atoms with Crippen LogP contribution in [0.15, 0.2) is 24.3 Å². The molecule has 2 aliphatic heterocycles. The van der Waals surface area contributed by atoms with Crippen molar-refractivity contribution in [2.75, 3.05) is 13.2 Å². The first-order valence-corrected chi connectivity index (χ1v) is 8.72. The Bertz CT molecular complexity index is 732. The van der Waals surface area contributed by atoms with Crippen LogP contribution in [-0.4, -0.2) is 34.0 Å². The zero-order valence-electron chi connectivity index (χ0n) is 13.6. The number of hydrogen-bond donors (Lipinski definition) is 2. The van der Waals surface area contributed by atoms with Crippen LogP contribution < -0.4 is 0 Å². The van der Waals surface area contributed by atoms with Gasteiger partial charge in [0.15, 0.2) is 0 Å². The number of carbonyl (C=O) groups excluding carboxylic acids is 1. The summed E-state index contributed by atoms with van der Waals surface area (Å²) < 4.78 is 0. The van der Waals surface area contributed by atoms with Crippen LogP contribution in [0.25, 0.3) is 10.9 Å². The van der Waals surface area contributed by atoms with Gasteiger partial charge in [-0.2, -0.15) is 0 Å². The van der Waals surface area contributed by atoms with E-state index in [1.165, 1.54) is 22.2 Å². The number of nitrogens with zero attached hydrogens (tertiary/aromatic N) is 1. The van der Waals surface area contributed by atoms with Gasteiger partial charge in [-0.05, 0) is 36.3 Å². The minimum Gasteiger partial charge on any atom is -0.396 e. The van der Waals surface area contributed by atoms with Gasteiger partial charge in [-0.3, -0.25) is 4.79 Å². The molecule has 0 aliphatic carbocycles. The van der Waals surface area contributed by atoms with Gasteiger partial charge >= 0.3 is 0 Å². The number of nitrogens with one attached hydrogen (secondary N) is 1. The molecular formula is C19H24N2O2. The number of piperidine rings is 1. The zero-order valence-corrected chi connectivity index (χ0v) is 13.6. The molecule has 122 valence electrons. The molecule has 2 N–H and O–H groups in total. The van der Waals surface area contributed by atoms with Gasteiger partial charge in [0, 0.05) is 36.2 Å². The van der Waals surface area contributed by atoms with Crippen molar-refractivity contribution >= 4 is 16.8 Å². The highest BCUT2D eigenvalue weighted by Gasteiger charge is 2.41. The molecule has 1 aromatic heterocycles. The standard InChI is InChI=1S/C19H24N2O2/c1-2-12(11-22)13-9-17-19-15(7-8-21(17)18(23)10-13)14-5-3-4-6-16(14)20-19/h3-6,12-13,17,20,22H,2,7-11H2,1H3/t12-,13+,17-/m0/s1. The second-order valence-corrected chi connectivity index (χ2v) is 6.97. The number of aromatic amines is 1. The van der Waals surface area contributed by atoms with Crippen LogP contribution in [0.1, 0.15) is 43.5 Å². The van der Waals surface area contributed by atoms with Crippen molar-refractivity contribution in [1.29, 1.82) is 0 Å². The number of amides is 1. The highest BCUT2D eigenvalue weighted by atomic mass is 16.3. The Hall–Kier alpha value is -1.81. The first kappa shape index (κ1) is 14.8. The average molecular weight is 312 g/mol. The molecule has 1 aromatic carbocycles. The van der Waals surface area contributed by atoms with Crippen molar-refractivity contribution in [3.05, 3.63) is 35.5 Å². The molecule has 4 heteroatoms. The number of rotatable bonds is 3. The quantitative estimate of drug-likeness (QED) is 0.915. The lowest BCUT2D eigenvalue weighted by atomic mass is 9.77. The number of carbonyl (C=O) groups is 1. The van der Waals surface area contributed by atoms with E-state index < -0.39 is 0 Å². The predicted molar refractivity (Wildman–Crippen MR) is 90.0 cm³/mol. The monoisotopic (exact) mass is 312 g/mol. The van der Waals surface area contributed by atoms with E-state index in [1.54, 1.807) is 0 Å². The van der Waals surface area contributed by atoms with Gasteiger partial charge in [-0.1, -0.05) is 31.5 Å². The minimum atomic E-state index is 0.151. The Morgan fingerprint density at radius 3 is 3.00 bits per heavy atom. The van der Waals surface area contributed by atoms with Crippen molar-refractivity contribution in [3.63, 3.8) is 0 Å². The fourth-order valence-electron chi connectivity index (χ4n) is 4.54. The zero-order chi connectivity index (χ0) is 16.0. The molecule has 4 nitrogen and oxygen atoms in total. The van der Waals surface area contributed by atoms with Crippen LogP contribution in [0.4, 0.5) is 0 Å². The highest BCUT2D eigenvalue weighted by Crippen LogP contribution is 2.43. The molecule has 2 aromatic rings. The third-order valence-electron chi connectivity index (χ3n) is 5.87. The second-order valence-electron chi connectivity index (χ2n) is 6.97. The van der Waals surface area contributed by atoms with Crippen LogP contribution in [0.5, 0.6) is 0 Å². The minimum absolute atomic E-state index is 0.151. The van der Waals surface area contributed by atoms with Gasteiger partial charge in [0.25, 0.3) is 0 Å². The Kier molecular flexibility index (Phi) is 3.64. The normalized spacial score (nSPS) is 25.3. The summed E-state index contributed by atoms with van der Waals surface area (Å²) in [7, 11) is 0. The van der Waals surface area contributed by atoms with Crippen molar-refractivity contribution in [2.45, 2.75) is 38.6 Å². The van der Waals surface area contributed by atoms with Crippen molar-refractivity contribution in [2.24, 2.45) is 11.8 Å². The molecule has 0 unspecified atom stereocenters. The average Bonchev–Trinajstić information content (AvgIpc) is 2.95. The summed E-state index contributed by atoms with van der Waals surface area (Å²) >= 11 is 0. The summed E-state index contributed by atoms with van der Waals surface area (Å²) in [5.41, 5.74) is 3.78. The molecule has 2 aliphatic rings. The molecule has 4 rings (SSSR count). The highest BCUT2D eigenvalue weighted by molar-refractivity contribution is 5.86. The molecule has 1 saturated heterocycles. The number of hydrogen-bond acceptors (Lipinski definition) is 2. The number of benzene rings is 1. The lowest BCUT2D eigenvalue weighted by Crippen LogP contribution is -2.46. The van der Waals surface area contributed by atoms with Gasteiger partial charge in [0.05, 0.1) is 6.04 Å². The summed E-state index contributed by atoms with van der Waals surface area (Å²) in [5, 5.41) is 10.9. The molecule has 3 atom stereocenters. The van der Waals surface area contributed by atoms with E-state index in [0.717, 1.165) is 25.8 Å². The largest absolute Gasteiger partial charge is 0.396 e. The first-order chi connectivity index (χ1) is 11.2. The smallest absolute Gasteiger partial charge is 0.223 e.